The average molecular weight is 434 g/mol. The third-order valence-electron chi connectivity index (χ3n) is 4.57. The highest BCUT2D eigenvalue weighted by Crippen LogP contribution is 2.34. The smallest absolute Gasteiger partial charge is 0.416 e. The Kier molecular flexibility index (Phi) is 5.82. The van der Waals surface area contributed by atoms with Gasteiger partial charge < -0.3 is 14.2 Å². The lowest BCUT2D eigenvalue weighted by atomic mass is 10.1. The van der Waals surface area contributed by atoms with E-state index in [0.29, 0.717) is 4.90 Å². The van der Waals surface area contributed by atoms with Gasteiger partial charge in [0.05, 0.1) is 24.3 Å². The normalized spacial score (nSPS) is 17.5. The van der Waals surface area contributed by atoms with Crippen LogP contribution in [0.1, 0.15) is 17.7 Å². The number of carbonyl (C=O) groups excluding carboxylic acids is 2. The lowest BCUT2D eigenvalue weighted by Gasteiger charge is -2.26. The zero-order valence-electron chi connectivity index (χ0n) is 15.3. The molecule has 0 spiro atoms. The molecular formula is C19H16F6N2O3. The number of nitrogens with zero attached hydrogens (tertiary/aromatic N) is 2. The van der Waals surface area contributed by atoms with Crippen molar-refractivity contribution in [2.45, 2.75) is 25.3 Å². The Hall–Kier alpha value is -2.98. The highest BCUT2D eigenvalue weighted by molar-refractivity contribution is 6.00. The van der Waals surface area contributed by atoms with Crippen LogP contribution in [0.15, 0.2) is 47.1 Å². The Bertz CT molecular complexity index is 908. The van der Waals surface area contributed by atoms with Crippen molar-refractivity contribution in [2.75, 3.05) is 18.0 Å². The summed E-state index contributed by atoms with van der Waals surface area (Å²) < 4.78 is 82.6. The molecule has 0 bridgehead atoms. The van der Waals surface area contributed by atoms with E-state index in [0.717, 1.165) is 23.1 Å². The summed E-state index contributed by atoms with van der Waals surface area (Å²) in [5, 5.41) is 0. The van der Waals surface area contributed by atoms with Gasteiger partial charge in [-0.25, -0.2) is 0 Å². The van der Waals surface area contributed by atoms with Crippen molar-refractivity contribution < 1.29 is 40.3 Å². The lowest BCUT2D eigenvalue weighted by Crippen LogP contribution is -2.42. The van der Waals surface area contributed by atoms with E-state index in [9.17, 15) is 35.9 Å². The molecule has 3 rings (SSSR count). The van der Waals surface area contributed by atoms with E-state index in [1.54, 1.807) is 0 Å². The number of hydrogen-bond acceptors (Lipinski definition) is 3. The first-order chi connectivity index (χ1) is 13.9. The predicted molar refractivity (Wildman–Crippen MR) is 92.1 cm³/mol. The fraction of sp³-hybridized carbons (Fsp3) is 0.368. The molecule has 2 amide bonds. The van der Waals surface area contributed by atoms with Gasteiger partial charge in [-0.2, -0.15) is 26.3 Å². The number of rotatable bonds is 5. The van der Waals surface area contributed by atoms with Gasteiger partial charge >= 0.3 is 12.4 Å². The molecule has 1 unspecified atom stereocenters. The van der Waals surface area contributed by atoms with Crippen LogP contribution < -0.4 is 4.90 Å². The molecule has 1 atom stereocenters. The van der Waals surface area contributed by atoms with Crippen LogP contribution >= 0.6 is 0 Å². The van der Waals surface area contributed by atoms with Crippen LogP contribution in [0, 0.1) is 5.92 Å². The third-order valence-corrected chi connectivity index (χ3v) is 4.57. The maximum atomic E-state index is 12.9. The van der Waals surface area contributed by atoms with Gasteiger partial charge in [-0.15, -0.1) is 0 Å². The highest BCUT2D eigenvalue weighted by Gasteiger charge is 2.41. The second-order valence-corrected chi connectivity index (χ2v) is 6.84. The summed E-state index contributed by atoms with van der Waals surface area (Å²) in [7, 11) is 0. The summed E-state index contributed by atoms with van der Waals surface area (Å²) >= 11 is 0. The monoisotopic (exact) mass is 434 g/mol. The summed E-state index contributed by atoms with van der Waals surface area (Å²) in [6.45, 7) is -2.30. The molecule has 1 fully saturated rings. The van der Waals surface area contributed by atoms with Crippen LogP contribution in [0.2, 0.25) is 0 Å². The summed E-state index contributed by atoms with van der Waals surface area (Å²) in [5.74, 6) is -2.56. The topological polar surface area (TPSA) is 53.8 Å². The van der Waals surface area contributed by atoms with Crippen molar-refractivity contribution in [2.24, 2.45) is 5.92 Å². The molecule has 0 aliphatic carbocycles. The minimum Gasteiger partial charge on any atom is -0.467 e. The number of anilines is 1. The van der Waals surface area contributed by atoms with Crippen LogP contribution in [0.25, 0.3) is 0 Å². The van der Waals surface area contributed by atoms with Gasteiger partial charge in [0.2, 0.25) is 11.8 Å². The van der Waals surface area contributed by atoms with Crippen molar-refractivity contribution >= 4 is 17.5 Å². The van der Waals surface area contributed by atoms with Crippen LogP contribution in [0.3, 0.4) is 0 Å². The number of carbonyl (C=O) groups is 2. The Balaban J connectivity index is 1.78. The van der Waals surface area contributed by atoms with Gasteiger partial charge in [-0.1, -0.05) is 6.07 Å². The minimum absolute atomic E-state index is 0.0708. The summed E-state index contributed by atoms with van der Waals surface area (Å²) in [6, 6.07) is 6.86. The number of furan rings is 1. The molecule has 0 radical (unpaired) electrons. The van der Waals surface area contributed by atoms with E-state index in [2.05, 4.69) is 0 Å². The fourth-order valence-electron chi connectivity index (χ4n) is 3.25. The summed E-state index contributed by atoms with van der Waals surface area (Å²) in [6.07, 6.45) is -8.45. The minimum atomic E-state index is -4.68. The number of amides is 2. The highest BCUT2D eigenvalue weighted by atomic mass is 19.4. The Morgan fingerprint density at radius 2 is 1.87 bits per heavy atom. The predicted octanol–water partition coefficient (Wildman–Crippen LogP) is 4.24. The SMILES string of the molecule is O=C(C1CC(=O)N(c2cccc(C(F)(F)F)c2)C1)N(Cc1ccco1)CC(F)(F)F. The molecule has 30 heavy (non-hydrogen) atoms. The van der Waals surface area contributed by atoms with Crippen molar-refractivity contribution in [3.8, 4) is 0 Å². The maximum Gasteiger partial charge on any atom is 0.416 e. The molecule has 162 valence electrons. The molecule has 1 aromatic heterocycles. The Morgan fingerprint density at radius 1 is 1.13 bits per heavy atom. The Labute approximate surface area is 166 Å². The quantitative estimate of drug-likeness (QED) is 0.662. The number of halogens is 6. The zero-order chi connectivity index (χ0) is 22.1. The van der Waals surface area contributed by atoms with Gasteiger partial charge in [0.25, 0.3) is 0 Å². The van der Waals surface area contributed by atoms with Crippen LogP contribution in [-0.4, -0.2) is 36.0 Å². The molecule has 1 saturated heterocycles. The lowest BCUT2D eigenvalue weighted by molar-refractivity contribution is -0.165. The molecule has 2 aromatic rings. The molecule has 1 aliphatic rings. The van der Waals surface area contributed by atoms with Gasteiger partial charge in [0, 0.05) is 18.7 Å². The molecular weight excluding hydrogens is 418 g/mol. The molecule has 1 aliphatic heterocycles. The molecule has 1 aromatic carbocycles. The van der Waals surface area contributed by atoms with E-state index in [-0.39, 0.29) is 18.0 Å². The van der Waals surface area contributed by atoms with E-state index in [1.807, 2.05) is 0 Å². The van der Waals surface area contributed by atoms with E-state index in [4.69, 9.17) is 4.42 Å². The van der Waals surface area contributed by atoms with Gasteiger partial charge in [-0.3, -0.25) is 9.59 Å². The summed E-state index contributed by atoms with van der Waals surface area (Å²) in [5.41, 5.74) is -1.04. The Morgan fingerprint density at radius 3 is 2.47 bits per heavy atom. The zero-order valence-corrected chi connectivity index (χ0v) is 15.3. The van der Waals surface area contributed by atoms with Gasteiger partial charge in [0.15, 0.2) is 0 Å². The first-order valence-electron chi connectivity index (χ1n) is 8.79. The van der Waals surface area contributed by atoms with Crippen molar-refractivity contribution in [1.29, 1.82) is 0 Å². The summed E-state index contributed by atoms with van der Waals surface area (Å²) in [4.78, 5) is 26.5. The number of alkyl halides is 6. The van der Waals surface area contributed by atoms with Crippen LogP contribution in [0.4, 0.5) is 32.0 Å². The van der Waals surface area contributed by atoms with Gasteiger partial charge in [-0.05, 0) is 30.3 Å². The fourth-order valence-corrected chi connectivity index (χ4v) is 3.25. The van der Waals surface area contributed by atoms with Crippen molar-refractivity contribution in [1.82, 2.24) is 4.90 Å². The standard InChI is InChI=1S/C19H16F6N2O3/c20-18(21,22)11-26(10-15-5-2-6-30-15)17(29)12-7-16(28)27(9-12)14-4-1-3-13(8-14)19(23,24)25/h1-6,8,12H,7,9-11H2. The van der Waals surface area contributed by atoms with Crippen molar-refractivity contribution in [3.63, 3.8) is 0 Å². The van der Waals surface area contributed by atoms with Gasteiger partial charge in [0.1, 0.15) is 12.3 Å². The van der Waals surface area contributed by atoms with Crippen molar-refractivity contribution in [3.05, 3.63) is 54.0 Å². The molecule has 5 nitrogen and oxygen atoms in total. The van der Waals surface area contributed by atoms with E-state index < -0.39 is 55.2 Å². The first-order valence-corrected chi connectivity index (χ1v) is 8.79. The molecule has 2 heterocycles. The number of benzene rings is 1. The third kappa shape index (κ3) is 5.14. The average Bonchev–Trinajstić information content (AvgIpc) is 3.28. The molecule has 0 N–H and O–H groups in total. The van der Waals surface area contributed by atoms with E-state index >= 15 is 0 Å². The molecule has 11 heteroatoms. The second kappa shape index (κ2) is 8.04. The van der Waals surface area contributed by atoms with E-state index in [1.165, 1.54) is 24.5 Å². The maximum absolute atomic E-state index is 12.9. The largest absolute Gasteiger partial charge is 0.467 e. The molecule has 0 saturated carbocycles. The second-order valence-electron chi connectivity index (χ2n) is 6.84. The number of hydrogen-bond donors (Lipinski definition) is 0. The first kappa shape index (κ1) is 21.7. The van der Waals surface area contributed by atoms with Crippen LogP contribution in [0.5, 0.6) is 0 Å². The van der Waals surface area contributed by atoms with Crippen LogP contribution in [-0.2, 0) is 22.3 Å².